The van der Waals surface area contributed by atoms with E-state index in [-0.39, 0.29) is 27.5 Å². The van der Waals surface area contributed by atoms with E-state index in [1.165, 1.54) is 6.08 Å². The predicted octanol–water partition coefficient (Wildman–Crippen LogP) is 4.63. The van der Waals surface area contributed by atoms with Crippen molar-refractivity contribution in [2.45, 2.75) is 6.10 Å². The Bertz CT molecular complexity index is 1040. The first kappa shape index (κ1) is 18.0. The third kappa shape index (κ3) is 2.82. The summed E-state index contributed by atoms with van der Waals surface area (Å²) >= 11 is 6.65. The molecule has 0 saturated heterocycles. The lowest BCUT2D eigenvalue weighted by Crippen LogP contribution is -2.33. The maximum atomic E-state index is 12.1. The van der Waals surface area contributed by atoms with Crippen LogP contribution in [0.4, 0.5) is 0 Å². The Labute approximate surface area is 171 Å². The highest BCUT2D eigenvalue weighted by molar-refractivity contribution is 9.12. The average Bonchev–Trinajstić information content (AvgIpc) is 2.66. The lowest BCUT2D eigenvalue weighted by molar-refractivity contribution is -0.111. The second kappa shape index (κ2) is 6.65. The van der Waals surface area contributed by atoms with E-state index in [0.29, 0.717) is 21.4 Å². The SMILES string of the molecule is O=C1C=CC2=C(c3ccccc3C(=O)O)[C@H]3C=CC(O)=C(Br)[C@H]3OC2=C1Br. The molecule has 0 aromatic heterocycles. The van der Waals surface area contributed by atoms with Gasteiger partial charge in [0.1, 0.15) is 22.1 Å². The van der Waals surface area contributed by atoms with Crippen LogP contribution in [0.15, 0.2) is 74.6 Å². The summed E-state index contributed by atoms with van der Waals surface area (Å²) in [7, 11) is 0. The zero-order valence-electron chi connectivity index (χ0n) is 13.6. The maximum Gasteiger partial charge on any atom is 0.336 e. The molecule has 1 aliphatic heterocycles. The number of carbonyl (C=O) groups excluding carboxylic acids is 1. The van der Waals surface area contributed by atoms with E-state index < -0.39 is 12.1 Å². The molecule has 1 aromatic carbocycles. The highest BCUT2D eigenvalue weighted by Crippen LogP contribution is 2.49. The van der Waals surface area contributed by atoms with Crippen LogP contribution in [0.1, 0.15) is 15.9 Å². The molecular weight excluding hydrogens is 480 g/mol. The van der Waals surface area contributed by atoms with E-state index in [1.54, 1.807) is 42.5 Å². The summed E-state index contributed by atoms with van der Waals surface area (Å²) in [5.41, 5.74) is 2.06. The predicted molar refractivity (Wildman–Crippen MR) is 107 cm³/mol. The minimum atomic E-state index is -1.04. The molecule has 0 spiro atoms. The highest BCUT2D eigenvalue weighted by Gasteiger charge is 2.41. The minimum Gasteiger partial charge on any atom is -0.507 e. The summed E-state index contributed by atoms with van der Waals surface area (Å²) in [4.78, 5) is 23.9. The van der Waals surface area contributed by atoms with Gasteiger partial charge in [-0.15, -0.1) is 0 Å². The van der Waals surface area contributed by atoms with E-state index in [0.717, 1.165) is 5.57 Å². The summed E-state index contributed by atoms with van der Waals surface area (Å²) in [6.07, 6.45) is 5.79. The normalized spacial score (nSPS) is 24.0. The molecule has 4 rings (SSSR count). The highest BCUT2D eigenvalue weighted by atomic mass is 79.9. The molecule has 0 bridgehead atoms. The number of rotatable bonds is 2. The quantitative estimate of drug-likeness (QED) is 0.630. The number of carbonyl (C=O) groups is 2. The molecule has 2 aliphatic carbocycles. The van der Waals surface area contributed by atoms with Gasteiger partial charge >= 0.3 is 5.97 Å². The van der Waals surface area contributed by atoms with Crippen LogP contribution in [-0.2, 0) is 9.53 Å². The molecule has 5 nitrogen and oxygen atoms in total. The Morgan fingerprint density at radius 3 is 2.59 bits per heavy atom. The first-order valence-corrected chi connectivity index (χ1v) is 9.61. The Hall–Kier alpha value is -2.38. The van der Waals surface area contributed by atoms with Crippen molar-refractivity contribution in [1.82, 2.24) is 0 Å². The summed E-state index contributed by atoms with van der Waals surface area (Å²) in [6.45, 7) is 0. The van der Waals surface area contributed by atoms with E-state index >= 15 is 0 Å². The fraction of sp³-hybridized carbons (Fsp3) is 0.100. The number of ketones is 1. The minimum absolute atomic E-state index is 0.0278. The number of hydrogen-bond acceptors (Lipinski definition) is 4. The van der Waals surface area contributed by atoms with Crippen LogP contribution in [0, 0.1) is 5.92 Å². The van der Waals surface area contributed by atoms with Crippen molar-refractivity contribution in [3.8, 4) is 0 Å². The number of carboxylic acids is 1. The number of halogens is 2. The lowest BCUT2D eigenvalue weighted by Gasteiger charge is -2.38. The Kier molecular flexibility index (Phi) is 4.44. The van der Waals surface area contributed by atoms with Gasteiger partial charge in [0, 0.05) is 11.5 Å². The van der Waals surface area contributed by atoms with Gasteiger partial charge in [0.2, 0.25) is 0 Å². The van der Waals surface area contributed by atoms with Crippen molar-refractivity contribution in [3.63, 3.8) is 0 Å². The van der Waals surface area contributed by atoms with Gasteiger partial charge in [-0.25, -0.2) is 4.79 Å². The maximum absolute atomic E-state index is 12.1. The molecule has 2 atom stereocenters. The number of ether oxygens (including phenoxy) is 1. The van der Waals surface area contributed by atoms with Crippen molar-refractivity contribution >= 4 is 49.2 Å². The van der Waals surface area contributed by atoms with Crippen molar-refractivity contribution < 1.29 is 24.5 Å². The largest absolute Gasteiger partial charge is 0.507 e. The average molecular weight is 492 g/mol. The molecule has 2 N–H and O–H groups in total. The van der Waals surface area contributed by atoms with Crippen molar-refractivity contribution in [2.24, 2.45) is 5.92 Å². The van der Waals surface area contributed by atoms with Gasteiger partial charge in [-0.1, -0.05) is 24.3 Å². The van der Waals surface area contributed by atoms with Crippen LogP contribution < -0.4 is 0 Å². The molecule has 0 saturated carbocycles. The monoisotopic (exact) mass is 490 g/mol. The van der Waals surface area contributed by atoms with E-state index in [2.05, 4.69) is 31.9 Å². The number of aromatic carboxylic acids is 1. The second-order valence-electron chi connectivity index (χ2n) is 6.18. The van der Waals surface area contributed by atoms with Crippen molar-refractivity contribution in [3.05, 3.63) is 85.8 Å². The van der Waals surface area contributed by atoms with Crippen molar-refractivity contribution in [2.75, 3.05) is 0 Å². The fourth-order valence-corrected chi connectivity index (χ4v) is 4.40. The Balaban J connectivity index is 2.04. The van der Waals surface area contributed by atoms with Gasteiger partial charge in [0.15, 0.2) is 5.78 Å². The molecule has 136 valence electrons. The summed E-state index contributed by atoms with van der Waals surface area (Å²) < 4.78 is 6.75. The second-order valence-corrected chi connectivity index (χ2v) is 7.82. The summed E-state index contributed by atoms with van der Waals surface area (Å²) in [6, 6.07) is 6.72. The van der Waals surface area contributed by atoms with Crippen LogP contribution in [0.5, 0.6) is 0 Å². The molecule has 1 aromatic rings. The molecule has 0 amide bonds. The zero-order valence-corrected chi connectivity index (χ0v) is 16.8. The molecule has 0 fully saturated rings. The molecule has 0 unspecified atom stereocenters. The van der Waals surface area contributed by atoms with E-state index in [4.69, 9.17) is 4.74 Å². The summed E-state index contributed by atoms with van der Waals surface area (Å²) in [5.74, 6) is -1.26. The van der Waals surface area contributed by atoms with E-state index in [9.17, 15) is 19.8 Å². The number of carboxylic acid groups (broad SMARTS) is 1. The first-order chi connectivity index (χ1) is 12.9. The van der Waals surface area contributed by atoms with Gasteiger partial charge in [0.25, 0.3) is 0 Å². The molecule has 1 heterocycles. The number of allylic oxidation sites excluding steroid dienone is 4. The topological polar surface area (TPSA) is 83.8 Å². The number of aliphatic hydroxyl groups excluding tert-OH is 1. The number of hydrogen-bond donors (Lipinski definition) is 2. The molecule has 27 heavy (non-hydrogen) atoms. The van der Waals surface area contributed by atoms with Crippen LogP contribution in [0.25, 0.3) is 5.57 Å². The Morgan fingerprint density at radius 2 is 1.85 bits per heavy atom. The molecule has 7 heteroatoms. The first-order valence-electron chi connectivity index (χ1n) is 8.03. The van der Waals surface area contributed by atoms with Gasteiger partial charge in [-0.05, 0) is 67.3 Å². The van der Waals surface area contributed by atoms with Gasteiger partial charge < -0.3 is 14.9 Å². The van der Waals surface area contributed by atoms with Crippen LogP contribution in [0.3, 0.4) is 0 Å². The van der Waals surface area contributed by atoms with Crippen LogP contribution >= 0.6 is 31.9 Å². The smallest absolute Gasteiger partial charge is 0.336 e. The van der Waals surface area contributed by atoms with Crippen LogP contribution in [0.2, 0.25) is 0 Å². The lowest BCUT2D eigenvalue weighted by atomic mass is 9.77. The van der Waals surface area contributed by atoms with E-state index in [1.807, 2.05) is 0 Å². The summed E-state index contributed by atoms with van der Waals surface area (Å²) in [5, 5.41) is 19.7. The third-order valence-electron chi connectivity index (χ3n) is 4.66. The van der Waals surface area contributed by atoms with Crippen LogP contribution in [-0.4, -0.2) is 28.1 Å². The Morgan fingerprint density at radius 1 is 1.11 bits per heavy atom. The van der Waals surface area contributed by atoms with Gasteiger partial charge in [-0.3, -0.25) is 4.79 Å². The number of benzene rings is 1. The fourth-order valence-electron chi connectivity index (χ4n) is 3.45. The third-order valence-corrected chi connectivity index (χ3v) is 6.27. The number of aliphatic hydroxyl groups is 1. The zero-order chi connectivity index (χ0) is 19.3. The molecular formula is C20H12Br2O5. The number of fused-ring (bicyclic) bond motifs is 2. The van der Waals surface area contributed by atoms with Gasteiger partial charge in [0.05, 0.1) is 10.0 Å². The standard InChI is InChI=1S/C20H12Br2O5/c21-16-13(23)7-5-11-15(9-3-1-2-4-10(9)20(25)26)12-6-8-14(24)17(22)19(12)27-18(11)16/h1-8,11,18,23H,(H,25,26)/t11-,18+/m1/s1. The molecule has 3 aliphatic rings. The molecule has 0 radical (unpaired) electrons. The van der Waals surface area contributed by atoms with Crippen molar-refractivity contribution in [1.29, 1.82) is 0 Å². The van der Waals surface area contributed by atoms with Gasteiger partial charge in [-0.2, -0.15) is 0 Å².